The second kappa shape index (κ2) is 4.67. The number of nitrogens with zero attached hydrogens (tertiary/aromatic N) is 2. The third-order valence-corrected chi connectivity index (χ3v) is 2.86. The lowest BCUT2D eigenvalue weighted by Crippen LogP contribution is -2.40. The van der Waals surface area contributed by atoms with E-state index in [4.69, 9.17) is 5.11 Å². The van der Waals surface area contributed by atoms with Crippen LogP contribution in [0.3, 0.4) is 0 Å². The maximum Gasteiger partial charge on any atom is 0.305 e. The highest BCUT2D eigenvalue weighted by Gasteiger charge is 2.31. The van der Waals surface area contributed by atoms with Gasteiger partial charge in [-0.1, -0.05) is 13.3 Å². The highest BCUT2D eigenvalue weighted by Crippen LogP contribution is 2.31. The molecule has 1 aromatic rings. The van der Waals surface area contributed by atoms with Crippen LogP contribution in [0.1, 0.15) is 25.5 Å². The molecule has 1 amide bonds. The van der Waals surface area contributed by atoms with E-state index < -0.39 is 12.0 Å². The van der Waals surface area contributed by atoms with E-state index in [1.807, 2.05) is 6.92 Å². The Labute approximate surface area is 104 Å². The number of hydrogen-bond acceptors (Lipinski definition) is 4. The molecule has 1 unspecified atom stereocenters. The molecule has 1 atom stereocenters. The number of amides is 1. The second-order valence-corrected chi connectivity index (χ2v) is 4.33. The average Bonchev–Trinajstić information content (AvgIpc) is 2.57. The molecular weight excluding hydrogens is 236 g/mol. The van der Waals surface area contributed by atoms with Gasteiger partial charge in [-0.2, -0.15) is 5.10 Å². The summed E-state index contributed by atoms with van der Waals surface area (Å²) < 4.78 is 1.63. The second-order valence-electron chi connectivity index (χ2n) is 4.33. The van der Waals surface area contributed by atoms with Gasteiger partial charge in [-0.3, -0.25) is 14.3 Å². The van der Waals surface area contributed by atoms with E-state index in [2.05, 4.69) is 15.7 Å². The summed E-state index contributed by atoms with van der Waals surface area (Å²) in [6.07, 6.45) is 1.45. The normalized spacial score (nSPS) is 17.9. The molecule has 98 valence electrons. The van der Waals surface area contributed by atoms with Gasteiger partial charge in [0, 0.05) is 7.05 Å². The lowest BCUT2D eigenvalue weighted by atomic mass is 10.1. The van der Waals surface area contributed by atoms with Gasteiger partial charge in [0.25, 0.3) is 0 Å². The van der Waals surface area contributed by atoms with Crippen molar-refractivity contribution in [3.05, 3.63) is 5.69 Å². The summed E-state index contributed by atoms with van der Waals surface area (Å²) in [4.78, 5) is 22.5. The van der Waals surface area contributed by atoms with Crippen molar-refractivity contribution in [3.63, 3.8) is 0 Å². The zero-order valence-electron chi connectivity index (χ0n) is 10.4. The molecule has 2 rings (SSSR count). The molecule has 0 saturated carbocycles. The number of aromatic nitrogens is 2. The molecule has 0 spiro atoms. The van der Waals surface area contributed by atoms with Gasteiger partial charge in [-0.05, 0) is 6.42 Å². The first kappa shape index (κ1) is 12.4. The Kier molecular flexibility index (Phi) is 3.22. The van der Waals surface area contributed by atoms with Gasteiger partial charge in [0.05, 0.1) is 12.1 Å². The number of hydrogen-bond donors (Lipinski definition) is 3. The molecule has 1 aliphatic rings. The number of rotatable bonds is 4. The zero-order chi connectivity index (χ0) is 13.3. The van der Waals surface area contributed by atoms with E-state index in [0.717, 1.165) is 18.5 Å². The minimum atomic E-state index is -1.01. The van der Waals surface area contributed by atoms with Gasteiger partial charge in [0.1, 0.15) is 17.5 Å². The standard InChI is InChI=1S/C11H16N4O3/c1-3-4-6-9-10(15(2)14-6)12-7(5-8(16)17)11(18)13-9/h7,12H,3-5H2,1-2H3,(H,13,18)(H,16,17). The van der Waals surface area contributed by atoms with E-state index in [1.54, 1.807) is 11.7 Å². The van der Waals surface area contributed by atoms with Crippen LogP contribution in [0.4, 0.5) is 11.5 Å². The molecule has 1 aliphatic heterocycles. The minimum Gasteiger partial charge on any atom is -0.481 e. The Morgan fingerprint density at radius 3 is 2.89 bits per heavy atom. The zero-order valence-corrected chi connectivity index (χ0v) is 10.4. The lowest BCUT2D eigenvalue weighted by Gasteiger charge is -2.24. The van der Waals surface area contributed by atoms with Crippen molar-refractivity contribution in [3.8, 4) is 0 Å². The summed E-state index contributed by atoms with van der Waals surface area (Å²) in [5.74, 6) is -0.665. The van der Waals surface area contributed by atoms with Crippen LogP contribution in [0.15, 0.2) is 0 Å². The molecule has 1 aromatic heterocycles. The summed E-state index contributed by atoms with van der Waals surface area (Å²) in [6.45, 7) is 2.03. The summed E-state index contributed by atoms with van der Waals surface area (Å²) in [5, 5.41) is 18.7. The molecule has 0 fully saturated rings. The number of aryl methyl sites for hydroxylation is 2. The van der Waals surface area contributed by atoms with E-state index in [1.165, 1.54) is 0 Å². The van der Waals surface area contributed by atoms with Gasteiger partial charge < -0.3 is 15.7 Å². The number of carbonyl (C=O) groups is 2. The quantitative estimate of drug-likeness (QED) is 0.728. The Hall–Kier alpha value is -2.05. The van der Waals surface area contributed by atoms with Crippen LogP contribution in [-0.4, -0.2) is 32.8 Å². The maximum absolute atomic E-state index is 11.8. The molecule has 7 heteroatoms. The summed E-state index contributed by atoms with van der Waals surface area (Å²) in [6, 6.07) is -0.750. The number of anilines is 2. The Morgan fingerprint density at radius 2 is 2.28 bits per heavy atom. The van der Waals surface area contributed by atoms with Crippen molar-refractivity contribution in [2.75, 3.05) is 10.6 Å². The van der Waals surface area contributed by atoms with Crippen molar-refractivity contribution in [2.45, 2.75) is 32.2 Å². The third-order valence-electron chi connectivity index (χ3n) is 2.86. The van der Waals surface area contributed by atoms with Gasteiger partial charge >= 0.3 is 5.97 Å². The number of nitrogens with one attached hydrogen (secondary N) is 2. The first-order valence-corrected chi connectivity index (χ1v) is 5.88. The summed E-state index contributed by atoms with van der Waals surface area (Å²) >= 11 is 0. The molecular formula is C11H16N4O3. The first-order chi connectivity index (χ1) is 8.52. The molecule has 0 radical (unpaired) electrons. The molecule has 0 aliphatic carbocycles. The van der Waals surface area contributed by atoms with Crippen LogP contribution in [0.2, 0.25) is 0 Å². The smallest absolute Gasteiger partial charge is 0.305 e. The number of carboxylic acids is 1. The lowest BCUT2D eigenvalue weighted by molar-refractivity contribution is -0.138. The van der Waals surface area contributed by atoms with E-state index in [0.29, 0.717) is 11.5 Å². The third kappa shape index (κ3) is 2.15. The fourth-order valence-corrected chi connectivity index (χ4v) is 2.05. The predicted molar refractivity (Wildman–Crippen MR) is 65.5 cm³/mol. The molecule has 7 nitrogen and oxygen atoms in total. The SMILES string of the molecule is CCCc1nn(C)c2c1NC(=O)C(CC(=O)O)N2. The van der Waals surface area contributed by atoms with Crippen LogP contribution in [-0.2, 0) is 23.1 Å². The molecule has 18 heavy (non-hydrogen) atoms. The van der Waals surface area contributed by atoms with Crippen LogP contribution in [0, 0.1) is 0 Å². The number of aliphatic carboxylic acids is 1. The van der Waals surface area contributed by atoms with Gasteiger partial charge in [0.15, 0.2) is 0 Å². The first-order valence-electron chi connectivity index (χ1n) is 5.88. The Morgan fingerprint density at radius 1 is 1.56 bits per heavy atom. The topological polar surface area (TPSA) is 96.2 Å². The van der Waals surface area contributed by atoms with Gasteiger partial charge in [-0.15, -0.1) is 0 Å². The monoisotopic (exact) mass is 252 g/mol. The predicted octanol–water partition coefficient (Wildman–Crippen LogP) is 0.580. The van der Waals surface area contributed by atoms with Crippen molar-refractivity contribution in [2.24, 2.45) is 7.05 Å². The highest BCUT2D eigenvalue weighted by molar-refractivity contribution is 6.04. The maximum atomic E-state index is 11.8. The van der Waals surface area contributed by atoms with Gasteiger partial charge in [-0.25, -0.2) is 0 Å². The van der Waals surface area contributed by atoms with E-state index in [9.17, 15) is 9.59 Å². The average molecular weight is 252 g/mol. The molecule has 3 N–H and O–H groups in total. The van der Waals surface area contributed by atoms with Gasteiger partial charge in [0.2, 0.25) is 5.91 Å². The highest BCUT2D eigenvalue weighted by atomic mass is 16.4. The van der Waals surface area contributed by atoms with Crippen LogP contribution in [0.5, 0.6) is 0 Å². The van der Waals surface area contributed by atoms with Crippen molar-refractivity contribution in [1.82, 2.24) is 9.78 Å². The summed E-state index contributed by atoms with van der Waals surface area (Å²) in [7, 11) is 1.76. The number of carbonyl (C=O) groups excluding carboxylic acids is 1. The number of carboxylic acid groups (broad SMARTS) is 1. The Bertz CT molecular complexity index is 495. The molecule has 0 aromatic carbocycles. The molecule has 2 heterocycles. The van der Waals surface area contributed by atoms with E-state index in [-0.39, 0.29) is 12.3 Å². The van der Waals surface area contributed by atoms with Crippen molar-refractivity contribution >= 4 is 23.4 Å². The minimum absolute atomic E-state index is 0.250. The number of fused-ring (bicyclic) bond motifs is 1. The van der Waals surface area contributed by atoms with Crippen LogP contribution < -0.4 is 10.6 Å². The van der Waals surface area contributed by atoms with E-state index >= 15 is 0 Å². The van der Waals surface area contributed by atoms with Crippen LogP contribution in [0.25, 0.3) is 0 Å². The Balaban J connectivity index is 2.28. The fourth-order valence-electron chi connectivity index (χ4n) is 2.05. The van der Waals surface area contributed by atoms with Crippen LogP contribution >= 0.6 is 0 Å². The fraction of sp³-hybridized carbons (Fsp3) is 0.545. The summed E-state index contributed by atoms with van der Waals surface area (Å²) in [5.41, 5.74) is 1.50. The van der Waals surface area contributed by atoms with Crippen molar-refractivity contribution in [1.29, 1.82) is 0 Å². The molecule has 0 bridgehead atoms. The van der Waals surface area contributed by atoms with Crippen molar-refractivity contribution < 1.29 is 14.7 Å². The molecule has 0 saturated heterocycles. The largest absolute Gasteiger partial charge is 0.481 e.